The molecular formula is C25H21FO3. The van der Waals surface area contributed by atoms with Gasteiger partial charge in [0.25, 0.3) is 0 Å². The molecule has 3 aromatic carbocycles. The van der Waals surface area contributed by atoms with Gasteiger partial charge in [-0.05, 0) is 71.7 Å². The fourth-order valence-electron chi connectivity index (χ4n) is 2.70. The second kappa shape index (κ2) is 9.11. The Kier molecular flexibility index (Phi) is 6.35. The van der Waals surface area contributed by atoms with Gasteiger partial charge in [0.1, 0.15) is 11.6 Å². The van der Waals surface area contributed by atoms with Crippen LogP contribution in [0, 0.1) is 5.82 Å². The maximum atomic E-state index is 12.9. The molecule has 0 aliphatic rings. The van der Waals surface area contributed by atoms with Crippen LogP contribution in [0.4, 0.5) is 4.39 Å². The summed E-state index contributed by atoms with van der Waals surface area (Å²) in [4.78, 5) is 24.4. The molecule has 0 bridgehead atoms. The van der Waals surface area contributed by atoms with Crippen molar-refractivity contribution in [3.05, 3.63) is 107 Å². The minimum absolute atomic E-state index is 0.144. The molecule has 0 unspecified atom stereocenters. The minimum atomic E-state index is -0.589. The molecule has 0 amide bonds. The lowest BCUT2D eigenvalue weighted by molar-refractivity contribution is 0.0734. The summed E-state index contributed by atoms with van der Waals surface area (Å²) < 4.78 is 18.2. The van der Waals surface area contributed by atoms with Crippen molar-refractivity contribution in [2.24, 2.45) is 0 Å². The maximum absolute atomic E-state index is 12.9. The third kappa shape index (κ3) is 5.48. The predicted octanol–water partition coefficient (Wildman–Crippen LogP) is 6.06. The van der Waals surface area contributed by atoms with Crippen LogP contribution in [0.15, 0.2) is 78.9 Å². The molecule has 0 heterocycles. The van der Waals surface area contributed by atoms with Gasteiger partial charge in [-0.1, -0.05) is 44.2 Å². The Balaban J connectivity index is 1.62. The highest BCUT2D eigenvalue weighted by molar-refractivity contribution is 6.06. The Morgan fingerprint density at radius 2 is 1.41 bits per heavy atom. The molecule has 0 atom stereocenters. The maximum Gasteiger partial charge on any atom is 0.343 e. The number of ether oxygens (including phenoxy) is 1. The summed E-state index contributed by atoms with van der Waals surface area (Å²) >= 11 is 0. The Labute approximate surface area is 169 Å². The Hall–Kier alpha value is -3.53. The lowest BCUT2D eigenvalue weighted by atomic mass is 10.0. The van der Waals surface area contributed by atoms with Gasteiger partial charge in [-0.3, -0.25) is 4.79 Å². The van der Waals surface area contributed by atoms with Crippen LogP contribution in [-0.2, 0) is 0 Å². The van der Waals surface area contributed by atoms with E-state index in [-0.39, 0.29) is 11.3 Å². The van der Waals surface area contributed by atoms with Gasteiger partial charge in [0.15, 0.2) is 5.78 Å². The normalized spacial score (nSPS) is 11.0. The zero-order valence-corrected chi connectivity index (χ0v) is 16.3. The third-order valence-corrected chi connectivity index (χ3v) is 4.46. The molecule has 0 saturated carbocycles. The number of allylic oxidation sites excluding steroid dienone is 1. The van der Waals surface area contributed by atoms with Gasteiger partial charge in [0, 0.05) is 5.56 Å². The standard InChI is InChI=1S/C25H21FO3/c1-17(2)19-6-3-18(4-7-19)5-16-24(27)20-10-14-23(15-11-20)29-25(28)21-8-12-22(26)13-9-21/h3-17H,1-2H3. The van der Waals surface area contributed by atoms with Gasteiger partial charge in [0.2, 0.25) is 0 Å². The molecule has 0 aliphatic carbocycles. The number of ketones is 1. The van der Waals surface area contributed by atoms with Crippen LogP contribution in [0.2, 0.25) is 0 Å². The lowest BCUT2D eigenvalue weighted by Crippen LogP contribution is -2.08. The van der Waals surface area contributed by atoms with E-state index in [4.69, 9.17) is 4.74 Å². The van der Waals surface area contributed by atoms with Crippen molar-refractivity contribution in [2.75, 3.05) is 0 Å². The average molecular weight is 388 g/mol. The summed E-state index contributed by atoms with van der Waals surface area (Å²) in [6.45, 7) is 4.27. The molecule has 0 fully saturated rings. The molecule has 0 aliphatic heterocycles. The first-order chi connectivity index (χ1) is 13.9. The lowest BCUT2D eigenvalue weighted by Gasteiger charge is -2.05. The first-order valence-corrected chi connectivity index (χ1v) is 9.32. The zero-order chi connectivity index (χ0) is 20.8. The monoisotopic (exact) mass is 388 g/mol. The van der Waals surface area contributed by atoms with Gasteiger partial charge < -0.3 is 4.74 Å². The van der Waals surface area contributed by atoms with Crippen molar-refractivity contribution >= 4 is 17.8 Å². The van der Waals surface area contributed by atoms with E-state index in [1.807, 2.05) is 12.1 Å². The zero-order valence-electron chi connectivity index (χ0n) is 16.3. The number of carbonyl (C=O) groups excluding carboxylic acids is 2. The fraction of sp³-hybridized carbons (Fsp3) is 0.120. The Morgan fingerprint density at radius 3 is 2.00 bits per heavy atom. The smallest absolute Gasteiger partial charge is 0.343 e. The second-order valence-electron chi connectivity index (χ2n) is 6.94. The van der Waals surface area contributed by atoms with Gasteiger partial charge in [-0.2, -0.15) is 0 Å². The number of carbonyl (C=O) groups is 2. The summed E-state index contributed by atoms with van der Waals surface area (Å²) in [7, 11) is 0. The number of halogens is 1. The van der Waals surface area contributed by atoms with E-state index in [1.165, 1.54) is 35.9 Å². The first kappa shape index (κ1) is 20.2. The Morgan fingerprint density at radius 1 is 0.828 bits per heavy atom. The van der Waals surface area contributed by atoms with E-state index < -0.39 is 11.8 Å². The van der Waals surface area contributed by atoms with E-state index in [0.717, 1.165) is 5.56 Å². The highest BCUT2D eigenvalue weighted by Gasteiger charge is 2.09. The molecule has 3 aromatic rings. The molecule has 0 spiro atoms. The minimum Gasteiger partial charge on any atom is -0.423 e. The molecule has 0 N–H and O–H groups in total. The molecule has 0 saturated heterocycles. The van der Waals surface area contributed by atoms with Crippen LogP contribution in [0.25, 0.3) is 6.08 Å². The van der Waals surface area contributed by atoms with E-state index in [2.05, 4.69) is 26.0 Å². The van der Waals surface area contributed by atoms with E-state index in [0.29, 0.717) is 17.2 Å². The van der Waals surface area contributed by atoms with Crippen molar-refractivity contribution in [3.8, 4) is 5.75 Å². The van der Waals surface area contributed by atoms with Crippen molar-refractivity contribution < 1.29 is 18.7 Å². The van der Waals surface area contributed by atoms with Crippen LogP contribution in [-0.4, -0.2) is 11.8 Å². The van der Waals surface area contributed by atoms with Crippen molar-refractivity contribution in [1.82, 2.24) is 0 Å². The summed E-state index contributed by atoms with van der Waals surface area (Å²) in [6, 6.07) is 19.5. The van der Waals surface area contributed by atoms with Crippen molar-refractivity contribution in [3.63, 3.8) is 0 Å². The van der Waals surface area contributed by atoms with Gasteiger partial charge in [0.05, 0.1) is 5.56 Å². The Bertz CT molecular complexity index is 1020. The van der Waals surface area contributed by atoms with Gasteiger partial charge >= 0.3 is 5.97 Å². The quantitative estimate of drug-likeness (QED) is 0.223. The van der Waals surface area contributed by atoms with E-state index in [1.54, 1.807) is 30.3 Å². The fourth-order valence-corrected chi connectivity index (χ4v) is 2.70. The highest BCUT2D eigenvalue weighted by Crippen LogP contribution is 2.17. The molecule has 0 radical (unpaired) electrons. The second-order valence-corrected chi connectivity index (χ2v) is 6.94. The molecule has 3 rings (SSSR count). The summed E-state index contributed by atoms with van der Waals surface area (Å²) in [6.07, 6.45) is 3.29. The summed E-state index contributed by atoms with van der Waals surface area (Å²) in [5.41, 5.74) is 2.94. The average Bonchev–Trinajstić information content (AvgIpc) is 2.73. The molecule has 3 nitrogen and oxygen atoms in total. The number of hydrogen-bond acceptors (Lipinski definition) is 3. The van der Waals surface area contributed by atoms with Crippen LogP contribution in [0.3, 0.4) is 0 Å². The van der Waals surface area contributed by atoms with Crippen molar-refractivity contribution in [2.45, 2.75) is 19.8 Å². The van der Waals surface area contributed by atoms with E-state index >= 15 is 0 Å². The number of esters is 1. The van der Waals surface area contributed by atoms with Crippen LogP contribution < -0.4 is 4.74 Å². The largest absolute Gasteiger partial charge is 0.423 e. The van der Waals surface area contributed by atoms with Crippen molar-refractivity contribution in [1.29, 1.82) is 0 Å². The van der Waals surface area contributed by atoms with Crippen LogP contribution in [0.5, 0.6) is 5.75 Å². The first-order valence-electron chi connectivity index (χ1n) is 9.32. The number of rotatable bonds is 6. The highest BCUT2D eigenvalue weighted by atomic mass is 19.1. The third-order valence-electron chi connectivity index (χ3n) is 4.46. The van der Waals surface area contributed by atoms with E-state index in [9.17, 15) is 14.0 Å². The predicted molar refractivity (Wildman–Crippen MR) is 112 cm³/mol. The molecular weight excluding hydrogens is 367 g/mol. The summed E-state index contributed by atoms with van der Waals surface area (Å²) in [5, 5.41) is 0. The SMILES string of the molecule is CC(C)c1ccc(C=CC(=O)c2ccc(OC(=O)c3ccc(F)cc3)cc2)cc1. The molecule has 29 heavy (non-hydrogen) atoms. The van der Waals surface area contributed by atoms with Crippen LogP contribution in [0.1, 0.15) is 51.6 Å². The topological polar surface area (TPSA) is 43.4 Å². The van der Waals surface area contributed by atoms with Gasteiger partial charge in [-0.15, -0.1) is 0 Å². The number of hydrogen-bond donors (Lipinski definition) is 0. The molecule has 4 heteroatoms. The molecule has 0 aromatic heterocycles. The summed E-state index contributed by atoms with van der Waals surface area (Å²) in [5.74, 6) is -0.383. The van der Waals surface area contributed by atoms with Gasteiger partial charge in [-0.25, -0.2) is 9.18 Å². The molecule has 146 valence electrons. The van der Waals surface area contributed by atoms with Crippen LogP contribution >= 0.6 is 0 Å². The number of benzene rings is 3.